The van der Waals surface area contributed by atoms with E-state index in [0.29, 0.717) is 12.1 Å². The molecule has 1 amide bonds. The van der Waals surface area contributed by atoms with Crippen molar-refractivity contribution in [1.82, 2.24) is 25.4 Å². The van der Waals surface area contributed by atoms with Crippen molar-refractivity contribution in [1.29, 1.82) is 0 Å². The van der Waals surface area contributed by atoms with E-state index < -0.39 is 0 Å². The molecule has 0 saturated carbocycles. The highest BCUT2D eigenvalue weighted by Gasteiger charge is 2.16. The summed E-state index contributed by atoms with van der Waals surface area (Å²) in [6.07, 6.45) is 1.49. The quantitative estimate of drug-likeness (QED) is 0.527. The first kappa shape index (κ1) is 20.9. The fourth-order valence-corrected chi connectivity index (χ4v) is 3.64. The summed E-state index contributed by atoms with van der Waals surface area (Å²) in [5.41, 5.74) is 2.85. The first-order valence-corrected chi connectivity index (χ1v) is 10.2. The molecule has 8 heteroatoms. The number of H-pyrrole nitrogens is 1. The van der Waals surface area contributed by atoms with Gasteiger partial charge in [-0.3, -0.25) is 9.89 Å². The Morgan fingerprint density at radius 2 is 2.03 bits per heavy atom. The molecule has 0 bridgehead atoms. The number of amides is 1. The fraction of sp³-hybridized carbons (Fsp3) is 0.286. The molecule has 29 heavy (non-hydrogen) atoms. The van der Waals surface area contributed by atoms with Gasteiger partial charge in [-0.1, -0.05) is 36.0 Å². The molecule has 7 nitrogen and oxygen atoms in total. The molecule has 3 rings (SSSR count). The lowest BCUT2D eigenvalue weighted by atomic mass is 10.1. The predicted octanol–water partition coefficient (Wildman–Crippen LogP) is 3.14. The molecule has 0 saturated heterocycles. The van der Waals surface area contributed by atoms with Gasteiger partial charge in [0.2, 0.25) is 0 Å². The maximum atomic E-state index is 12.6. The third-order valence-corrected chi connectivity index (χ3v) is 5.49. The number of methoxy groups -OCH3 is 1. The normalized spacial score (nSPS) is 12.0. The number of hydrogen-bond donors (Lipinski definition) is 2. The zero-order chi connectivity index (χ0) is 20.6. The topological polar surface area (TPSA) is 83.1 Å². The monoisotopic (exact) mass is 411 g/mol. The Morgan fingerprint density at radius 3 is 2.69 bits per heavy atom. The van der Waals surface area contributed by atoms with Crippen molar-refractivity contribution in [3.05, 3.63) is 71.5 Å². The van der Waals surface area contributed by atoms with Crippen LogP contribution in [0, 0.1) is 0 Å². The maximum Gasteiger partial charge on any atom is 0.251 e. The Labute approximate surface area is 174 Å². The van der Waals surface area contributed by atoms with Crippen molar-refractivity contribution in [2.24, 2.45) is 0 Å². The molecule has 2 aromatic carbocycles. The lowest BCUT2D eigenvalue weighted by molar-refractivity contribution is 0.0942. The van der Waals surface area contributed by atoms with Crippen LogP contribution in [0.1, 0.15) is 27.5 Å². The van der Waals surface area contributed by atoms with E-state index >= 15 is 0 Å². The van der Waals surface area contributed by atoms with Gasteiger partial charge in [-0.15, -0.1) is 0 Å². The molecule has 1 aromatic heterocycles. The van der Waals surface area contributed by atoms with E-state index in [4.69, 9.17) is 4.74 Å². The van der Waals surface area contributed by atoms with Crippen molar-refractivity contribution >= 4 is 17.7 Å². The maximum absolute atomic E-state index is 12.6. The first-order chi connectivity index (χ1) is 14.1. The van der Waals surface area contributed by atoms with Crippen molar-refractivity contribution in [2.45, 2.75) is 17.0 Å². The minimum Gasteiger partial charge on any atom is -0.497 e. The van der Waals surface area contributed by atoms with Crippen molar-refractivity contribution < 1.29 is 9.53 Å². The van der Waals surface area contributed by atoms with Crippen LogP contribution in [0.15, 0.2) is 60.0 Å². The largest absolute Gasteiger partial charge is 0.497 e. The number of carbonyl (C=O) groups excluding carboxylic acids is 1. The van der Waals surface area contributed by atoms with Gasteiger partial charge >= 0.3 is 0 Å². The Kier molecular flexibility index (Phi) is 7.26. The molecular weight excluding hydrogens is 386 g/mol. The molecule has 3 aromatic rings. The van der Waals surface area contributed by atoms with Crippen molar-refractivity contribution in [3.63, 3.8) is 0 Å². The van der Waals surface area contributed by atoms with E-state index in [1.54, 1.807) is 18.9 Å². The van der Waals surface area contributed by atoms with Crippen LogP contribution in [-0.2, 0) is 5.75 Å². The number of ether oxygens (including phenoxy) is 1. The number of nitrogens with zero attached hydrogens (tertiary/aromatic N) is 3. The van der Waals surface area contributed by atoms with Gasteiger partial charge in [0, 0.05) is 17.9 Å². The van der Waals surface area contributed by atoms with Crippen LogP contribution in [-0.4, -0.2) is 53.7 Å². The number of nitrogens with one attached hydrogen (secondary N) is 2. The molecule has 1 unspecified atom stereocenters. The van der Waals surface area contributed by atoms with Crippen LogP contribution in [0.2, 0.25) is 0 Å². The highest BCUT2D eigenvalue weighted by molar-refractivity contribution is 7.98. The molecule has 0 aliphatic heterocycles. The van der Waals surface area contributed by atoms with Crippen LogP contribution < -0.4 is 10.1 Å². The number of carbonyl (C=O) groups is 1. The lowest BCUT2D eigenvalue weighted by Gasteiger charge is -2.25. The highest BCUT2D eigenvalue weighted by Crippen LogP contribution is 2.22. The fourth-order valence-electron chi connectivity index (χ4n) is 2.91. The van der Waals surface area contributed by atoms with Crippen LogP contribution in [0.4, 0.5) is 0 Å². The molecule has 0 fully saturated rings. The van der Waals surface area contributed by atoms with E-state index in [1.807, 2.05) is 62.6 Å². The number of aromatic amines is 1. The number of aromatic nitrogens is 3. The molecule has 0 aliphatic carbocycles. The molecule has 0 radical (unpaired) electrons. The summed E-state index contributed by atoms with van der Waals surface area (Å²) in [6.45, 7) is 0.502. The Morgan fingerprint density at radius 1 is 1.24 bits per heavy atom. The third kappa shape index (κ3) is 5.82. The van der Waals surface area contributed by atoms with Gasteiger partial charge in [0.1, 0.15) is 12.1 Å². The average molecular weight is 412 g/mol. The van der Waals surface area contributed by atoms with Gasteiger partial charge in [-0.25, -0.2) is 4.98 Å². The number of hydrogen-bond acceptors (Lipinski definition) is 6. The minimum absolute atomic E-state index is 0.0478. The standard InChI is InChI=1S/C21H25N5O2S/c1-26(2)19(17-5-4-6-18(11-17)28-3)12-22-20(27)16-9-7-15(8-10-16)13-29-21-23-14-24-25-21/h4-11,14,19H,12-13H2,1-3H3,(H,22,27)(H,23,24,25). The molecular formula is C21H25N5O2S. The van der Waals surface area contributed by atoms with Crippen LogP contribution in [0.5, 0.6) is 5.75 Å². The Hall–Kier alpha value is -2.84. The SMILES string of the molecule is COc1cccc(C(CNC(=O)c2ccc(CSc3ncn[nH]3)cc2)N(C)C)c1. The van der Waals surface area contributed by atoms with Gasteiger partial charge < -0.3 is 15.0 Å². The lowest BCUT2D eigenvalue weighted by Crippen LogP contribution is -2.34. The summed E-state index contributed by atoms with van der Waals surface area (Å²) in [7, 11) is 5.65. The zero-order valence-corrected chi connectivity index (χ0v) is 17.6. The summed E-state index contributed by atoms with van der Waals surface area (Å²) in [6, 6.07) is 15.6. The minimum atomic E-state index is -0.0887. The van der Waals surface area contributed by atoms with Crippen molar-refractivity contribution in [2.75, 3.05) is 27.7 Å². The second kappa shape index (κ2) is 10.1. The third-order valence-electron chi connectivity index (χ3n) is 4.54. The van der Waals surface area contributed by atoms with E-state index in [1.165, 1.54) is 6.33 Å². The predicted molar refractivity (Wildman–Crippen MR) is 114 cm³/mol. The second-order valence-electron chi connectivity index (χ2n) is 6.74. The van der Waals surface area contributed by atoms with Gasteiger partial charge in [0.25, 0.3) is 5.91 Å². The molecule has 1 heterocycles. The van der Waals surface area contributed by atoms with Crippen molar-refractivity contribution in [3.8, 4) is 5.75 Å². The number of rotatable bonds is 9. The number of benzene rings is 2. The zero-order valence-electron chi connectivity index (χ0n) is 16.8. The van der Waals surface area contributed by atoms with Gasteiger partial charge in [0.05, 0.1) is 13.2 Å². The summed E-state index contributed by atoms with van der Waals surface area (Å²) >= 11 is 1.57. The summed E-state index contributed by atoms with van der Waals surface area (Å²) in [5, 5.41) is 10.5. The molecule has 2 N–H and O–H groups in total. The van der Waals surface area contributed by atoms with E-state index in [2.05, 4.69) is 25.4 Å². The first-order valence-electron chi connectivity index (χ1n) is 9.22. The van der Waals surface area contributed by atoms with E-state index in [-0.39, 0.29) is 11.9 Å². The van der Waals surface area contributed by atoms with E-state index in [9.17, 15) is 4.79 Å². The molecule has 152 valence electrons. The Balaban J connectivity index is 1.58. The van der Waals surface area contributed by atoms with E-state index in [0.717, 1.165) is 27.8 Å². The summed E-state index contributed by atoms with van der Waals surface area (Å²) in [4.78, 5) is 18.8. The molecule has 0 spiro atoms. The number of thioether (sulfide) groups is 1. The smallest absolute Gasteiger partial charge is 0.251 e. The van der Waals surface area contributed by atoms with Gasteiger partial charge in [0.15, 0.2) is 5.16 Å². The van der Waals surface area contributed by atoms with Crippen LogP contribution in [0.25, 0.3) is 0 Å². The number of likely N-dealkylation sites (N-methyl/N-ethyl adjacent to an activating group) is 1. The van der Waals surface area contributed by atoms with Crippen LogP contribution in [0.3, 0.4) is 0 Å². The average Bonchev–Trinajstić information content (AvgIpc) is 3.26. The van der Waals surface area contributed by atoms with Crippen LogP contribution >= 0.6 is 11.8 Å². The molecule has 0 aliphatic rings. The summed E-state index contributed by atoms with van der Waals surface area (Å²) < 4.78 is 5.32. The summed E-state index contributed by atoms with van der Waals surface area (Å²) in [5.74, 6) is 1.48. The highest BCUT2D eigenvalue weighted by atomic mass is 32.2. The molecule has 1 atom stereocenters. The Bertz CT molecular complexity index is 913. The second-order valence-corrected chi connectivity index (χ2v) is 7.71. The van der Waals surface area contributed by atoms with Gasteiger partial charge in [-0.2, -0.15) is 5.10 Å². The van der Waals surface area contributed by atoms with Gasteiger partial charge in [-0.05, 0) is 49.5 Å².